The highest BCUT2D eigenvalue weighted by molar-refractivity contribution is 7.99. The number of aryl methyl sites for hydroxylation is 2. The molecule has 1 atom stereocenters. The van der Waals surface area contributed by atoms with Crippen LogP contribution in [0, 0.1) is 25.2 Å². The maximum Gasteiger partial charge on any atom is 0.0936 e. The van der Waals surface area contributed by atoms with Crippen LogP contribution in [0.1, 0.15) is 17.5 Å². The van der Waals surface area contributed by atoms with Crippen molar-refractivity contribution in [3.05, 3.63) is 29.3 Å². The van der Waals surface area contributed by atoms with E-state index >= 15 is 0 Å². The molecule has 0 heterocycles. The zero-order valence-electron chi connectivity index (χ0n) is 9.16. The molecule has 1 rings (SSSR count). The summed E-state index contributed by atoms with van der Waals surface area (Å²) in [4.78, 5) is 1.28. The Labute approximate surface area is 95.5 Å². The minimum absolute atomic E-state index is 0.330. The Morgan fingerprint density at radius 3 is 2.80 bits per heavy atom. The summed E-state index contributed by atoms with van der Waals surface area (Å²) in [5, 5.41) is 8.54. The van der Waals surface area contributed by atoms with E-state index in [-0.39, 0.29) is 6.04 Å². The van der Waals surface area contributed by atoms with Gasteiger partial charge in [-0.1, -0.05) is 17.7 Å². The summed E-state index contributed by atoms with van der Waals surface area (Å²) in [5.41, 5.74) is 8.10. The Hall–Kier alpha value is -0.980. The number of rotatable bonds is 4. The van der Waals surface area contributed by atoms with E-state index < -0.39 is 0 Å². The molecular weight excluding hydrogens is 204 g/mol. The Morgan fingerprint density at radius 2 is 2.20 bits per heavy atom. The zero-order chi connectivity index (χ0) is 11.3. The van der Waals surface area contributed by atoms with Crippen LogP contribution in [-0.4, -0.2) is 11.8 Å². The number of nitrogens with zero attached hydrogens (tertiary/aromatic N) is 1. The van der Waals surface area contributed by atoms with Gasteiger partial charge in [-0.15, -0.1) is 11.8 Å². The van der Waals surface area contributed by atoms with Gasteiger partial charge in [-0.25, -0.2) is 0 Å². The molecule has 0 radical (unpaired) electrons. The maximum atomic E-state index is 8.54. The first kappa shape index (κ1) is 12.1. The molecule has 80 valence electrons. The quantitative estimate of drug-likeness (QED) is 0.794. The average Bonchev–Trinajstić information content (AvgIpc) is 2.21. The highest BCUT2D eigenvalue weighted by Gasteiger charge is 2.02. The fraction of sp³-hybridized carbons (Fsp3) is 0.417. The number of nitriles is 1. The number of benzene rings is 1. The van der Waals surface area contributed by atoms with Crippen molar-refractivity contribution in [2.45, 2.75) is 31.2 Å². The van der Waals surface area contributed by atoms with E-state index in [0.717, 1.165) is 12.2 Å². The molecule has 0 aliphatic carbocycles. The molecule has 3 heteroatoms. The molecule has 0 fully saturated rings. The first-order valence-corrected chi connectivity index (χ1v) is 5.97. The largest absolute Gasteiger partial charge is 0.316 e. The van der Waals surface area contributed by atoms with Gasteiger partial charge < -0.3 is 5.73 Å². The van der Waals surface area contributed by atoms with E-state index in [4.69, 9.17) is 11.0 Å². The first-order valence-electron chi connectivity index (χ1n) is 4.98. The first-order chi connectivity index (χ1) is 7.13. The van der Waals surface area contributed by atoms with Gasteiger partial charge in [0.25, 0.3) is 0 Å². The van der Waals surface area contributed by atoms with Crippen molar-refractivity contribution in [3.8, 4) is 6.07 Å². The van der Waals surface area contributed by atoms with Crippen LogP contribution in [0.5, 0.6) is 0 Å². The van der Waals surface area contributed by atoms with E-state index in [1.165, 1.54) is 16.0 Å². The molecule has 2 N–H and O–H groups in total. The standard InChI is InChI=1S/C12H16N2S/c1-9-3-4-12(10(2)7-9)15-6-5-11(14)8-13/h3-4,7,11H,5-6,14H2,1-2H3. The molecule has 2 nitrogen and oxygen atoms in total. The van der Waals surface area contributed by atoms with E-state index in [1.54, 1.807) is 11.8 Å². The van der Waals surface area contributed by atoms with Crippen LogP contribution >= 0.6 is 11.8 Å². The molecule has 0 bridgehead atoms. The van der Waals surface area contributed by atoms with Crippen LogP contribution in [0.3, 0.4) is 0 Å². The van der Waals surface area contributed by atoms with Crippen molar-refractivity contribution >= 4 is 11.8 Å². The summed E-state index contributed by atoms with van der Waals surface area (Å²) < 4.78 is 0. The summed E-state index contributed by atoms with van der Waals surface area (Å²) in [6.45, 7) is 4.20. The maximum absolute atomic E-state index is 8.54. The second-order valence-electron chi connectivity index (χ2n) is 3.64. The third kappa shape index (κ3) is 3.94. The molecule has 0 amide bonds. The van der Waals surface area contributed by atoms with Crippen molar-refractivity contribution in [2.24, 2.45) is 5.73 Å². The number of nitrogens with two attached hydrogens (primary N) is 1. The molecule has 0 spiro atoms. The summed E-state index contributed by atoms with van der Waals surface area (Å²) >= 11 is 1.77. The topological polar surface area (TPSA) is 49.8 Å². The van der Waals surface area contributed by atoms with Gasteiger partial charge in [0.05, 0.1) is 12.1 Å². The van der Waals surface area contributed by atoms with E-state index in [1.807, 2.05) is 6.07 Å². The molecule has 1 unspecified atom stereocenters. The van der Waals surface area contributed by atoms with Gasteiger partial charge in [-0.3, -0.25) is 0 Å². The molecule has 0 saturated carbocycles. The van der Waals surface area contributed by atoms with Crippen LogP contribution in [0.2, 0.25) is 0 Å². The molecule has 1 aromatic rings. The highest BCUT2D eigenvalue weighted by Crippen LogP contribution is 2.23. The van der Waals surface area contributed by atoms with Crippen molar-refractivity contribution in [3.63, 3.8) is 0 Å². The minimum Gasteiger partial charge on any atom is -0.316 e. The molecule has 15 heavy (non-hydrogen) atoms. The van der Waals surface area contributed by atoms with Crippen molar-refractivity contribution in [1.82, 2.24) is 0 Å². The number of hydrogen-bond acceptors (Lipinski definition) is 3. The van der Waals surface area contributed by atoms with E-state index in [9.17, 15) is 0 Å². The van der Waals surface area contributed by atoms with Gasteiger partial charge in [0.1, 0.15) is 0 Å². The minimum atomic E-state index is -0.330. The highest BCUT2D eigenvalue weighted by atomic mass is 32.2. The van der Waals surface area contributed by atoms with Crippen LogP contribution in [0.15, 0.2) is 23.1 Å². The van der Waals surface area contributed by atoms with E-state index in [2.05, 4.69) is 32.0 Å². The lowest BCUT2D eigenvalue weighted by atomic mass is 10.2. The smallest absolute Gasteiger partial charge is 0.0936 e. The van der Waals surface area contributed by atoms with Gasteiger partial charge in [0, 0.05) is 10.6 Å². The SMILES string of the molecule is Cc1ccc(SCCC(N)C#N)c(C)c1. The second-order valence-corrected chi connectivity index (χ2v) is 4.78. The van der Waals surface area contributed by atoms with Gasteiger partial charge in [-0.05, 0) is 31.9 Å². The Morgan fingerprint density at radius 1 is 1.47 bits per heavy atom. The van der Waals surface area contributed by atoms with Crippen LogP contribution in [-0.2, 0) is 0 Å². The molecule has 0 aliphatic rings. The summed E-state index contributed by atoms with van der Waals surface area (Å²) in [5.74, 6) is 0.901. The summed E-state index contributed by atoms with van der Waals surface area (Å²) in [6, 6.07) is 8.13. The lowest BCUT2D eigenvalue weighted by molar-refractivity contribution is 0.803. The van der Waals surface area contributed by atoms with Crippen molar-refractivity contribution in [2.75, 3.05) is 5.75 Å². The number of hydrogen-bond donors (Lipinski definition) is 1. The van der Waals surface area contributed by atoms with Crippen molar-refractivity contribution in [1.29, 1.82) is 5.26 Å². The fourth-order valence-corrected chi connectivity index (χ4v) is 2.36. The van der Waals surface area contributed by atoms with E-state index in [0.29, 0.717) is 0 Å². The van der Waals surface area contributed by atoms with Gasteiger partial charge >= 0.3 is 0 Å². The molecular formula is C12H16N2S. The molecule has 1 aromatic carbocycles. The Bertz CT molecular complexity index is 368. The second kappa shape index (κ2) is 5.79. The predicted molar refractivity (Wildman–Crippen MR) is 64.8 cm³/mol. The molecule has 0 saturated heterocycles. The predicted octanol–water partition coefficient (Wildman–Crippen LogP) is 2.64. The van der Waals surface area contributed by atoms with Gasteiger partial charge in [0.15, 0.2) is 0 Å². The molecule has 0 aliphatic heterocycles. The summed E-state index contributed by atoms with van der Waals surface area (Å²) in [7, 11) is 0. The average molecular weight is 220 g/mol. The van der Waals surface area contributed by atoms with Crippen LogP contribution < -0.4 is 5.73 Å². The van der Waals surface area contributed by atoms with Crippen LogP contribution in [0.25, 0.3) is 0 Å². The number of thioether (sulfide) groups is 1. The Balaban J connectivity index is 2.48. The zero-order valence-corrected chi connectivity index (χ0v) is 9.97. The van der Waals surface area contributed by atoms with Crippen LogP contribution in [0.4, 0.5) is 0 Å². The fourth-order valence-electron chi connectivity index (χ4n) is 1.32. The van der Waals surface area contributed by atoms with Gasteiger partial charge in [0.2, 0.25) is 0 Å². The Kier molecular flexibility index (Phi) is 4.67. The van der Waals surface area contributed by atoms with Gasteiger partial charge in [-0.2, -0.15) is 5.26 Å². The lowest BCUT2D eigenvalue weighted by Gasteiger charge is -2.07. The third-order valence-electron chi connectivity index (χ3n) is 2.18. The molecule has 0 aromatic heterocycles. The normalized spacial score (nSPS) is 12.1. The summed E-state index contributed by atoms with van der Waals surface area (Å²) in [6.07, 6.45) is 0.745. The monoisotopic (exact) mass is 220 g/mol. The lowest BCUT2D eigenvalue weighted by Crippen LogP contribution is -2.17. The van der Waals surface area contributed by atoms with Crippen molar-refractivity contribution < 1.29 is 0 Å². The third-order valence-corrected chi connectivity index (χ3v) is 3.39.